The number of benzene rings is 2. The summed E-state index contributed by atoms with van der Waals surface area (Å²) in [6.07, 6.45) is -1.47. The van der Waals surface area contributed by atoms with Crippen molar-refractivity contribution in [3.8, 4) is 12.8 Å². The number of anilines is 1. The lowest BCUT2D eigenvalue weighted by molar-refractivity contribution is -0.376. The number of halogens is 7. The van der Waals surface area contributed by atoms with Gasteiger partial charge in [0.2, 0.25) is 11.8 Å². The molecule has 16 heteroatoms. The van der Waals surface area contributed by atoms with Crippen molar-refractivity contribution in [2.45, 2.75) is 61.5 Å². The van der Waals surface area contributed by atoms with Crippen LogP contribution in [-0.2, 0) is 32.6 Å². The van der Waals surface area contributed by atoms with Crippen LogP contribution in [0, 0.1) is 18.7 Å². The zero-order valence-electron chi connectivity index (χ0n) is 26.0. The molecule has 260 valence electrons. The number of piperidine rings is 1. The van der Waals surface area contributed by atoms with E-state index in [0.717, 1.165) is 44.1 Å². The minimum absolute atomic E-state index is 0.00949. The highest BCUT2D eigenvalue weighted by Gasteiger charge is 2.71. The highest BCUT2D eigenvalue weighted by atomic mass is 32.2. The van der Waals surface area contributed by atoms with E-state index in [0.29, 0.717) is 24.6 Å². The standard InChI is InChI=1S/C18H14F7NO2S.C11H21N3O2.C2H2/c19-13-4-6-14(7-5-13)29(28)26-9-1-2-11-10-12(3-8-15(11)26)16(27,17(20,21)22)18(23,24)25;1-9(15)12-8-11(16)14(3)10-4-6-13(2)7-5-10;1-2/h3-8,10,27H,1-2,9H2;10H,4-8H2,1-3H3,(H,12,15);1-2H. The molecule has 0 spiro atoms. The summed E-state index contributed by atoms with van der Waals surface area (Å²) < 4.78 is 106. The highest BCUT2D eigenvalue weighted by molar-refractivity contribution is 7.86. The van der Waals surface area contributed by atoms with E-state index < -0.39 is 40.3 Å². The molecule has 0 radical (unpaired) electrons. The summed E-state index contributed by atoms with van der Waals surface area (Å²) >= 11 is 0. The summed E-state index contributed by atoms with van der Waals surface area (Å²) in [4.78, 5) is 26.7. The average Bonchev–Trinajstić information content (AvgIpc) is 3.03. The molecule has 0 aromatic heterocycles. The largest absolute Gasteiger partial charge is 0.430 e. The van der Waals surface area contributed by atoms with Crippen molar-refractivity contribution in [1.82, 2.24) is 15.1 Å². The third kappa shape index (κ3) is 9.68. The van der Waals surface area contributed by atoms with Crippen LogP contribution in [0.15, 0.2) is 47.4 Å². The Kier molecular flexibility index (Phi) is 13.8. The van der Waals surface area contributed by atoms with E-state index >= 15 is 0 Å². The molecule has 1 fully saturated rings. The lowest BCUT2D eigenvalue weighted by atomic mass is 9.89. The number of terminal acetylenes is 1. The molecule has 0 aliphatic carbocycles. The van der Waals surface area contributed by atoms with E-state index in [2.05, 4.69) is 30.1 Å². The normalized spacial score (nSPS) is 16.4. The SMILES string of the molecule is C#C.CC(=O)NCC(=O)N(C)C1CCN(C)CC1.O=S(c1ccc(F)cc1)N1CCCc2cc(C(O)(C(F)(F)F)C(F)(F)F)ccc21. The van der Waals surface area contributed by atoms with Crippen LogP contribution in [0.1, 0.15) is 37.3 Å². The van der Waals surface area contributed by atoms with Gasteiger partial charge < -0.3 is 20.2 Å². The fraction of sp³-hybridized carbons (Fsp3) is 0.484. The van der Waals surface area contributed by atoms with Crippen molar-refractivity contribution in [2.75, 3.05) is 44.6 Å². The van der Waals surface area contributed by atoms with E-state index in [1.165, 1.54) is 23.4 Å². The van der Waals surface area contributed by atoms with Crippen LogP contribution in [0.5, 0.6) is 0 Å². The molecule has 2 aliphatic heterocycles. The van der Waals surface area contributed by atoms with E-state index in [1.807, 2.05) is 7.05 Å². The molecule has 4 rings (SSSR count). The number of hydrogen-bond acceptors (Lipinski definition) is 5. The van der Waals surface area contributed by atoms with E-state index in [4.69, 9.17) is 0 Å². The number of fused-ring (bicyclic) bond motifs is 1. The van der Waals surface area contributed by atoms with Crippen molar-refractivity contribution in [3.63, 3.8) is 0 Å². The first-order valence-electron chi connectivity index (χ1n) is 14.3. The zero-order valence-corrected chi connectivity index (χ0v) is 26.8. The number of likely N-dealkylation sites (N-methyl/N-ethyl adjacent to an activating group) is 1. The third-order valence-corrected chi connectivity index (χ3v) is 9.18. The van der Waals surface area contributed by atoms with Gasteiger partial charge in [0, 0.05) is 32.1 Å². The van der Waals surface area contributed by atoms with Crippen LogP contribution in [0.3, 0.4) is 0 Å². The average molecular weight is 695 g/mol. The third-order valence-electron chi connectivity index (χ3n) is 7.73. The van der Waals surface area contributed by atoms with Gasteiger partial charge in [0.15, 0.2) is 11.0 Å². The predicted octanol–water partition coefficient (Wildman–Crippen LogP) is 4.54. The fourth-order valence-corrected chi connectivity index (χ4v) is 6.31. The van der Waals surface area contributed by atoms with Gasteiger partial charge in [-0.3, -0.25) is 13.9 Å². The smallest absolute Gasteiger partial charge is 0.369 e. The zero-order chi connectivity index (χ0) is 35.7. The highest BCUT2D eigenvalue weighted by Crippen LogP contribution is 2.51. The molecular weight excluding hydrogens is 657 g/mol. The Morgan fingerprint density at radius 3 is 2.06 bits per heavy atom. The molecule has 1 saturated heterocycles. The fourth-order valence-electron chi connectivity index (χ4n) is 5.04. The van der Waals surface area contributed by atoms with Gasteiger partial charge in [-0.1, -0.05) is 12.1 Å². The molecule has 2 aliphatic rings. The number of aryl methyl sites for hydroxylation is 1. The molecule has 2 N–H and O–H groups in total. The number of aliphatic hydroxyl groups is 1. The number of carbonyl (C=O) groups excluding carboxylic acids is 2. The lowest BCUT2D eigenvalue weighted by Crippen LogP contribution is -2.54. The molecule has 2 aromatic carbocycles. The van der Waals surface area contributed by atoms with Crippen LogP contribution in [0.25, 0.3) is 0 Å². The van der Waals surface area contributed by atoms with Gasteiger partial charge in [0.25, 0.3) is 5.60 Å². The molecule has 1 atom stereocenters. The molecule has 2 amide bonds. The maximum absolute atomic E-state index is 13.1. The molecular formula is C31H37F7N4O4S. The van der Waals surface area contributed by atoms with Gasteiger partial charge in [-0.25, -0.2) is 8.60 Å². The minimum Gasteiger partial charge on any atom is -0.369 e. The topological polar surface area (TPSA) is 93.2 Å². The van der Waals surface area contributed by atoms with Gasteiger partial charge in [-0.05, 0) is 81.7 Å². The van der Waals surface area contributed by atoms with Crippen molar-refractivity contribution in [1.29, 1.82) is 0 Å². The molecule has 0 saturated carbocycles. The Labute approximate surface area is 271 Å². The number of amides is 2. The number of likely N-dealkylation sites (tertiary alicyclic amines) is 1. The summed E-state index contributed by atoms with van der Waals surface area (Å²) in [5, 5.41) is 12.1. The maximum Gasteiger partial charge on any atom is 0.430 e. The number of alkyl halides is 6. The number of carbonyl (C=O) groups is 2. The second kappa shape index (κ2) is 16.4. The number of rotatable bonds is 6. The van der Waals surface area contributed by atoms with Gasteiger partial charge in [-0.2, -0.15) is 26.3 Å². The number of nitrogens with one attached hydrogen (secondary N) is 1. The van der Waals surface area contributed by atoms with E-state index in [-0.39, 0.29) is 47.5 Å². The van der Waals surface area contributed by atoms with E-state index in [9.17, 15) is 49.6 Å². The molecule has 2 aromatic rings. The van der Waals surface area contributed by atoms with Crippen LogP contribution in [0.4, 0.5) is 36.4 Å². The first-order valence-corrected chi connectivity index (χ1v) is 15.4. The van der Waals surface area contributed by atoms with Gasteiger partial charge in [0.1, 0.15) is 5.82 Å². The monoisotopic (exact) mass is 694 g/mol. The van der Waals surface area contributed by atoms with Crippen molar-refractivity contribution in [3.05, 3.63) is 59.4 Å². The molecule has 8 nitrogen and oxygen atoms in total. The molecule has 0 bridgehead atoms. The molecule has 2 heterocycles. The van der Waals surface area contributed by atoms with Crippen LogP contribution < -0.4 is 9.62 Å². The molecule has 47 heavy (non-hydrogen) atoms. The quantitative estimate of drug-likeness (QED) is 0.343. The summed E-state index contributed by atoms with van der Waals surface area (Å²) in [7, 11) is 2.07. The van der Waals surface area contributed by atoms with Crippen molar-refractivity contribution < 1.29 is 49.6 Å². The molecule has 1 unspecified atom stereocenters. The van der Waals surface area contributed by atoms with Crippen LogP contribution in [0.2, 0.25) is 0 Å². The first-order chi connectivity index (χ1) is 21.9. The maximum atomic E-state index is 13.1. The van der Waals surface area contributed by atoms with Crippen molar-refractivity contribution >= 4 is 28.5 Å². The number of nitrogens with zero attached hydrogens (tertiary/aromatic N) is 3. The van der Waals surface area contributed by atoms with Gasteiger partial charge in [-0.15, -0.1) is 12.8 Å². The van der Waals surface area contributed by atoms with Gasteiger partial charge >= 0.3 is 12.4 Å². The Bertz CT molecular complexity index is 1400. The van der Waals surface area contributed by atoms with E-state index in [1.54, 1.807) is 4.90 Å². The summed E-state index contributed by atoms with van der Waals surface area (Å²) in [5.74, 6) is -0.720. The Morgan fingerprint density at radius 1 is 1.00 bits per heavy atom. The Morgan fingerprint density at radius 2 is 1.55 bits per heavy atom. The summed E-state index contributed by atoms with van der Waals surface area (Å²) in [5.41, 5.74) is -6.09. The predicted molar refractivity (Wildman–Crippen MR) is 163 cm³/mol. The van der Waals surface area contributed by atoms with Crippen LogP contribution in [-0.4, -0.2) is 89.6 Å². The number of hydrogen-bond donors (Lipinski definition) is 2. The Hall–Kier alpha value is -3.68. The summed E-state index contributed by atoms with van der Waals surface area (Å²) in [6.45, 7) is 3.82. The minimum atomic E-state index is -5.98. The van der Waals surface area contributed by atoms with Crippen molar-refractivity contribution in [2.24, 2.45) is 0 Å². The van der Waals surface area contributed by atoms with Crippen LogP contribution >= 0.6 is 0 Å². The second-order valence-corrected chi connectivity index (χ2v) is 12.3. The summed E-state index contributed by atoms with van der Waals surface area (Å²) in [6, 6.07) is 7.21. The first kappa shape index (κ1) is 39.5. The lowest BCUT2D eigenvalue weighted by Gasteiger charge is -2.35. The second-order valence-electron chi connectivity index (χ2n) is 10.9. The Balaban J connectivity index is 0.000000362. The van der Waals surface area contributed by atoms with Gasteiger partial charge in [0.05, 0.1) is 17.1 Å².